The van der Waals surface area contributed by atoms with E-state index >= 15 is 0 Å². The minimum Gasteiger partial charge on any atom is -0.394 e. The molecule has 100 valence electrons. The Bertz CT molecular complexity index is 398. The lowest BCUT2D eigenvalue weighted by molar-refractivity contribution is 0.0158. The number of piperidine rings is 1. The second-order valence-corrected chi connectivity index (χ2v) is 5.53. The Balaban J connectivity index is 1.93. The third-order valence-electron chi connectivity index (χ3n) is 2.97. The summed E-state index contributed by atoms with van der Waals surface area (Å²) in [5.41, 5.74) is 0. The summed E-state index contributed by atoms with van der Waals surface area (Å²) in [7, 11) is 0. The molecule has 1 aliphatic rings. The highest BCUT2D eigenvalue weighted by atomic mass is 79.9. The molecule has 4 nitrogen and oxygen atoms in total. The zero-order chi connectivity index (χ0) is 13.0. The first-order valence-corrected chi connectivity index (χ1v) is 7.16. The summed E-state index contributed by atoms with van der Waals surface area (Å²) in [6.45, 7) is 2.32. The maximum absolute atomic E-state index is 8.73. The van der Waals surface area contributed by atoms with Crippen molar-refractivity contribution in [3.8, 4) is 0 Å². The minimum absolute atomic E-state index is 0.0878. The fraction of sp³-hybridized carbons (Fsp3) is 0.583. The van der Waals surface area contributed by atoms with E-state index in [2.05, 4.69) is 25.8 Å². The van der Waals surface area contributed by atoms with Gasteiger partial charge in [0.2, 0.25) is 0 Å². The monoisotopic (exact) mass is 334 g/mol. The maximum atomic E-state index is 8.73. The van der Waals surface area contributed by atoms with Crippen LogP contribution in [0.4, 0.5) is 5.82 Å². The molecule has 1 aromatic rings. The summed E-state index contributed by atoms with van der Waals surface area (Å²) in [5, 5.41) is 9.36. The number of hydrogen-bond donors (Lipinski definition) is 1. The Morgan fingerprint density at radius 3 is 2.83 bits per heavy atom. The van der Waals surface area contributed by atoms with Gasteiger partial charge in [-0.2, -0.15) is 0 Å². The Kier molecular flexibility index (Phi) is 5.24. The predicted octanol–water partition coefficient (Wildman–Crippen LogP) is 2.48. The molecule has 0 radical (unpaired) electrons. The first kappa shape index (κ1) is 14.1. The number of anilines is 1. The van der Waals surface area contributed by atoms with Gasteiger partial charge in [-0.1, -0.05) is 11.6 Å². The van der Waals surface area contributed by atoms with E-state index < -0.39 is 0 Å². The quantitative estimate of drug-likeness (QED) is 0.918. The van der Waals surface area contributed by atoms with Crippen molar-refractivity contribution in [1.29, 1.82) is 0 Å². The number of hydrogen-bond acceptors (Lipinski definition) is 4. The first-order valence-electron chi connectivity index (χ1n) is 5.99. The molecule has 0 spiro atoms. The fourth-order valence-electron chi connectivity index (χ4n) is 2.09. The maximum Gasteiger partial charge on any atom is 0.142 e. The molecule has 1 fully saturated rings. The molecule has 0 aromatic carbocycles. The van der Waals surface area contributed by atoms with Crippen molar-refractivity contribution >= 4 is 33.3 Å². The van der Waals surface area contributed by atoms with Crippen LogP contribution in [0.5, 0.6) is 0 Å². The summed E-state index contributed by atoms with van der Waals surface area (Å²) >= 11 is 9.37. The molecule has 18 heavy (non-hydrogen) atoms. The number of nitrogens with zero attached hydrogens (tertiary/aromatic N) is 2. The number of aliphatic hydroxyl groups excluding tert-OH is 1. The van der Waals surface area contributed by atoms with Gasteiger partial charge in [0.05, 0.1) is 28.8 Å². The van der Waals surface area contributed by atoms with Crippen LogP contribution < -0.4 is 4.90 Å². The summed E-state index contributed by atoms with van der Waals surface area (Å²) in [4.78, 5) is 6.58. The van der Waals surface area contributed by atoms with Crippen LogP contribution >= 0.6 is 27.5 Å². The number of ether oxygens (including phenoxy) is 1. The van der Waals surface area contributed by atoms with Crippen LogP contribution in [0.25, 0.3) is 0 Å². The van der Waals surface area contributed by atoms with Gasteiger partial charge < -0.3 is 14.7 Å². The molecule has 1 aliphatic heterocycles. The number of aliphatic hydroxyl groups is 1. The van der Waals surface area contributed by atoms with Crippen LogP contribution in [-0.2, 0) is 4.74 Å². The van der Waals surface area contributed by atoms with Crippen LogP contribution in [0, 0.1) is 0 Å². The summed E-state index contributed by atoms with van der Waals surface area (Å²) in [6.07, 6.45) is 3.82. The SMILES string of the molecule is OCCOC1CCN(c2ncc(Cl)cc2Br)CC1. The van der Waals surface area contributed by atoms with Gasteiger partial charge in [0, 0.05) is 19.3 Å². The van der Waals surface area contributed by atoms with Gasteiger partial charge in [0.25, 0.3) is 0 Å². The van der Waals surface area contributed by atoms with E-state index in [1.165, 1.54) is 0 Å². The van der Waals surface area contributed by atoms with Crippen molar-refractivity contribution in [2.24, 2.45) is 0 Å². The third kappa shape index (κ3) is 3.57. The van der Waals surface area contributed by atoms with Gasteiger partial charge in [0.15, 0.2) is 0 Å². The van der Waals surface area contributed by atoms with Crippen LogP contribution in [-0.4, -0.2) is 42.5 Å². The standard InChI is InChI=1S/C12H16BrClN2O2/c13-11-7-9(14)8-15-12(11)16-3-1-10(2-4-16)18-6-5-17/h7-8,10,17H,1-6H2. The van der Waals surface area contributed by atoms with Gasteiger partial charge in [-0.3, -0.25) is 0 Å². The molecule has 0 unspecified atom stereocenters. The van der Waals surface area contributed by atoms with E-state index in [9.17, 15) is 0 Å². The third-order valence-corrected chi connectivity index (χ3v) is 3.77. The molecule has 0 atom stereocenters. The minimum atomic E-state index is 0.0878. The van der Waals surface area contributed by atoms with Crippen molar-refractivity contribution in [3.05, 3.63) is 21.8 Å². The van der Waals surface area contributed by atoms with E-state index in [0.29, 0.717) is 11.6 Å². The number of halogens is 2. The second kappa shape index (κ2) is 6.70. The zero-order valence-corrected chi connectivity index (χ0v) is 12.3. The molecule has 0 bridgehead atoms. The molecule has 0 saturated carbocycles. The lowest BCUT2D eigenvalue weighted by Crippen LogP contribution is -2.38. The summed E-state index contributed by atoms with van der Waals surface area (Å²) in [6, 6.07) is 1.86. The highest BCUT2D eigenvalue weighted by Gasteiger charge is 2.21. The zero-order valence-electron chi connectivity index (χ0n) is 9.98. The average molecular weight is 336 g/mol. The highest BCUT2D eigenvalue weighted by Crippen LogP contribution is 2.28. The molecule has 2 rings (SSSR count). The van der Waals surface area contributed by atoms with Gasteiger partial charge in [-0.25, -0.2) is 4.98 Å². The Hall–Kier alpha value is -0.360. The lowest BCUT2D eigenvalue weighted by atomic mass is 10.1. The average Bonchev–Trinajstić information content (AvgIpc) is 2.37. The smallest absolute Gasteiger partial charge is 0.142 e. The molecule has 1 saturated heterocycles. The van der Waals surface area contributed by atoms with E-state index in [0.717, 1.165) is 36.2 Å². The van der Waals surface area contributed by atoms with Crippen molar-refractivity contribution in [2.75, 3.05) is 31.2 Å². The van der Waals surface area contributed by atoms with Crippen LogP contribution in [0.2, 0.25) is 5.02 Å². The molecular formula is C12H16BrClN2O2. The second-order valence-electron chi connectivity index (χ2n) is 4.24. The van der Waals surface area contributed by atoms with Crippen molar-refractivity contribution < 1.29 is 9.84 Å². The number of pyridine rings is 1. The van der Waals surface area contributed by atoms with Crippen LogP contribution in [0.15, 0.2) is 16.7 Å². The largest absolute Gasteiger partial charge is 0.394 e. The Morgan fingerprint density at radius 2 is 2.22 bits per heavy atom. The first-order chi connectivity index (χ1) is 8.70. The normalized spacial score (nSPS) is 17.2. The van der Waals surface area contributed by atoms with Crippen molar-refractivity contribution in [2.45, 2.75) is 18.9 Å². The molecule has 1 N–H and O–H groups in total. The van der Waals surface area contributed by atoms with Crippen molar-refractivity contribution in [3.63, 3.8) is 0 Å². The van der Waals surface area contributed by atoms with Crippen LogP contribution in [0.3, 0.4) is 0 Å². The Labute approximate surface area is 120 Å². The molecule has 0 amide bonds. The predicted molar refractivity (Wildman–Crippen MR) is 75.2 cm³/mol. The fourth-order valence-corrected chi connectivity index (χ4v) is 2.98. The van der Waals surface area contributed by atoms with E-state index in [-0.39, 0.29) is 12.7 Å². The molecule has 0 aliphatic carbocycles. The molecule has 1 aromatic heterocycles. The Morgan fingerprint density at radius 1 is 1.50 bits per heavy atom. The molecular weight excluding hydrogens is 320 g/mol. The topological polar surface area (TPSA) is 45.6 Å². The number of aromatic nitrogens is 1. The molecule has 6 heteroatoms. The van der Waals surface area contributed by atoms with Gasteiger partial charge in [-0.15, -0.1) is 0 Å². The van der Waals surface area contributed by atoms with E-state index in [1.54, 1.807) is 6.20 Å². The highest BCUT2D eigenvalue weighted by molar-refractivity contribution is 9.10. The summed E-state index contributed by atoms with van der Waals surface area (Å²) < 4.78 is 6.46. The van der Waals surface area contributed by atoms with E-state index in [4.69, 9.17) is 21.4 Å². The molecule has 2 heterocycles. The van der Waals surface area contributed by atoms with E-state index in [1.807, 2.05) is 6.07 Å². The van der Waals surface area contributed by atoms with Gasteiger partial charge in [-0.05, 0) is 34.8 Å². The number of rotatable bonds is 4. The van der Waals surface area contributed by atoms with Crippen molar-refractivity contribution in [1.82, 2.24) is 4.98 Å². The van der Waals surface area contributed by atoms with Crippen LogP contribution in [0.1, 0.15) is 12.8 Å². The lowest BCUT2D eigenvalue weighted by Gasteiger charge is -2.33. The van der Waals surface area contributed by atoms with Gasteiger partial charge in [0.1, 0.15) is 5.82 Å². The summed E-state index contributed by atoms with van der Waals surface area (Å²) in [5.74, 6) is 0.931. The van der Waals surface area contributed by atoms with Gasteiger partial charge >= 0.3 is 0 Å².